The third kappa shape index (κ3) is 5.62. The molecule has 0 aromatic heterocycles. The van der Waals surface area contributed by atoms with Gasteiger partial charge in [-0.05, 0) is 50.3 Å². The van der Waals surface area contributed by atoms with E-state index >= 15 is 0 Å². The highest BCUT2D eigenvalue weighted by molar-refractivity contribution is 5.80. The molecule has 1 aromatic rings. The van der Waals surface area contributed by atoms with Crippen molar-refractivity contribution in [2.24, 2.45) is 4.99 Å². The molecule has 1 aromatic carbocycles. The van der Waals surface area contributed by atoms with E-state index < -0.39 is 0 Å². The number of carbonyl (C=O) groups is 1. The maximum atomic E-state index is 13.9. The Labute approximate surface area is 178 Å². The minimum absolute atomic E-state index is 0.189. The summed E-state index contributed by atoms with van der Waals surface area (Å²) in [6.45, 7) is 5.52. The monoisotopic (exact) mass is 420 g/mol. The van der Waals surface area contributed by atoms with E-state index in [1.807, 2.05) is 13.0 Å². The van der Waals surface area contributed by atoms with Crippen LogP contribution in [0.25, 0.3) is 0 Å². The fraction of sp³-hybridized carbons (Fsp3) is 0.636. The Balaban J connectivity index is 1.57. The molecule has 0 spiro atoms. The second-order valence-electron chi connectivity index (χ2n) is 7.93. The van der Waals surface area contributed by atoms with Crippen LogP contribution in [-0.4, -0.2) is 69.5 Å². The largest absolute Gasteiger partial charge is 0.450 e. The minimum atomic E-state index is -0.241. The lowest BCUT2D eigenvalue weighted by Crippen LogP contribution is -2.52. The van der Waals surface area contributed by atoms with Crippen molar-refractivity contribution in [3.05, 3.63) is 35.6 Å². The molecule has 2 fully saturated rings. The summed E-state index contributed by atoms with van der Waals surface area (Å²) in [7, 11) is 1.75. The number of guanidine groups is 1. The van der Waals surface area contributed by atoms with Crippen molar-refractivity contribution < 1.29 is 18.7 Å². The van der Waals surface area contributed by atoms with Gasteiger partial charge in [-0.25, -0.2) is 9.18 Å². The number of halogens is 1. The zero-order chi connectivity index (χ0) is 21.4. The lowest BCUT2D eigenvalue weighted by atomic mass is 9.74. The second-order valence-corrected chi connectivity index (χ2v) is 7.93. The summed E-state index contributed by atoms with van der Waals surface area (Å²) in [5.74, 6) is 0.515. The number of ether oxygens (including phenoxy) is 2. The average molecular weight is 421 g/mol. The van der Waals surface area contributed by atoms with Gasteiger partial charge in [-0.2, -0.15) is 0 Å². The number of hydrogen-bond acceptors (Lipinski definition) is 4. The van der Waals surface area contributed by atoms with Crippen LogP contribution in [0, 0.1) is 5.82 Å². The van der Waals surface area contributed by atoms with Crippen LogP contribution in [0.15, 0.2) is 29.3 Å². The van der Waals surface area contributed by atoms with E-state index in [-0.39, 0.29) is 23.4 Å². The third-order valence-electron chi connectivity index (χ3n) is 6.07. The van der Waals surface area contributed by atoms with E-state index in [9.17, 15) is 9.18 Å². The molecule has 166 valence electrons. The van der Waals surface area contributed by atoms with Gasteiger partial charge in [-0.1, -0.05) is 12.1 Å². The van der Waals surface area contributed by atoms with Crippen LogP contribution in [0.1, 0.15) is 38.2 Å². The Hall–Kier alpha value is -2.35. The Morgan fingerprint density at radius 2 is 2.07 bits per heavy atom. The lowest BCUT2D eigenvalue weighted by Gasteiger charge is -2.39. The molecule has 0 aliphatic carbocycles. The number of aliphatic imine (C=N–C) groups is 1. The molecule has 0 bridgehead atoms. The summed E-state index contributed by atoms with van der Waals surface area (Å²) in [6.07, 6.45) is 3.09. The van der Waals surface area contributed by atoms with Crippen molar-refractivity contribution >= 4 is 12.1 Å². The van der Waals surface area contributed by atoms with Crippen molar-refractivity contribution in [3.63, 3.8) is 0 Å². The molecule has 8 heteroatoms. The molecular formula is C22H33FN4O3. The van der Waals surface area contributed by atoms with E-state index in [4.69, 9.17) is 9.47 Å². The quantitative estimate of drug-likeness (QED) is 0.566. The Bertz CT molecular complexity index is 729. The highest BCUT2D eigenvalue weighted by Gasteiger charge is 2.35. The van der Waals surface area contributed by atoms with Gasteiger partial charge in [0.25, 0.3) is 0 Å². The van der Waals surface area contributed by atoms with Crippen LogP contribution >= 0.6 is 0 Å². The van der Waals surface area contributed by atoms with E-state index in [2.05, 4.69) is 15.6 Å². The molecule has 0 radical (unpaired) electrons. The predicted molar refractivity (Wildman–Crippen MR) is 114 cm³/mol. The van der Waals surface area contributed by atoms with E-state index in [0.717, 1.165) is 37.2 Å². The normalized spacial score (nSPS) is 20.0. The standard InChI is InChI=1S/C22H33FN4O3/c1-3-30-21(28)27-11-7-19(8-12-27)26-20(24-2)25-16-22(9-13-29-14-10-22)17-5-4-6-18(23)15-17/h4-6,15,19H,3,7-14,16H2,1-2H3,(H2,24,25,26). The fourth-order valence-corrected chi connectivity index (χ4v) is 4.21. The summed E-state index contributed by atoms with van der Waals surface area (Å²) in [6, 6.07) is 7.12. The number of nitrogens with one attached hydrogen (secondary N) is 2. The molecule has 30 heavy (non-hydrogen) atoms. The van der Waals surface area contributed by atoms with Crippen molar-refractivity contribution in [2.75, 3.05) is 46.5 Å². The molecule has 2 N–H and O–H groups in total. The van der Waals surface area contributed by atoms with Gasteiger partial charge >= 0.3 is 6.09 Å². The van der Waals surface area contributed by atoms with Crippen LogP contribution in [0.2, 0.25) is 0 Å². The number of benzene rings is 1. The van der Waals surface area contributed by atoms with Gasteiger partial charge < -0.3 is 25.0 Å². The van der Waals surface area contributed by atoms with Crippen LogP contribution in [0.5, 0.6) is 0 Å². The highest BCUT2D eigenvalue weighted by atomic mass is 19.1. The number of nitrogens with zero attached hydrogens (tertiary/aromatic N) is 2. The summed E-state index contributed by atoms with van der Waals surface area (Å²) < 4.78 is 24.5. The number of hydrogen-bond donors (Lipinski definition) is 2. The molecule has 0 unspecified atom stereocenters. The highest BCUT2D eigenvalue weighted by Crippen LogP contribution is 2.34. The number of piperidine rings is 1. The first-order chi connectivity index (χ1) is 14.6. The molecule has 2 aliphatic rings. The number of carbonyl (C=O) groups excluding carboxylic acids is 1. The van der Waals surface area contributed by atoms with Crippen molar-refractivity contribution in [1.82, 2.24) is 15.5 Å². The van der Waals surface area contributed by atoms with Crippen molar-refractivity contribution in [3.8, 4) is 0 Å². The van der Waals surface area contributed by atoms with Gasteiger partial charge in [0.1, 0.15) is 5.82 Å². The van der Waals surface area contributed by atoms with E-state index in [0.29, 0.717) is 39.5 Å². The molecule has 1 amide bonds. The van der Waals surface area contributed by atoms with Crippen LogP contribution in [0.4, 0.5) is 9.18 Å². The van der Waals surface area contributed by atoms with Crippen LogP contribution in [0.3, 0.4) is 0 Å². The van der Waals surface area contributed by atoms with E-state index in [1.54, 1.807) is 24.1 Å². The van der Waals surface area contributed by atoms with Crippen LogP contribution < -0.4 is 10.6 Å². The summed E-state index contributed by atoms with van der Waals surface area (Å²) in [5, 5.41) is 6.93. The molecule has 0 saturated carbocycles. The van der Waals surface area contributed by atoms with Gasteiger partial charge in [0.15, 0.2) is 5.96 Å². The molecular weight excluding hydrogens is 387 g/mol. The molecule has 2 saturated heterocycles. The molecule has 2 heterocycles. The zero-order valence-corrected chi connectivity index (χ0v) is 18.0. The minimum Gasteiger partial charge on any atom is -0.450 e. The first kappa shape index (κ1) is 22.3. The Morgan fingerprint density at radius 1 is 1.33 bits per heavy atom. The number of rotatable bonds is 5. The maximum Gasteiger partial charge on any atom is 0.409 e. The zero-order valence-electron chi connectivity index (χ0n) is 18.0. The van der Waals surface area contributed by atoms with E-state index in [1.165, 1.54) is 6.07 Å². The predicted octanol–water partition coefficient (Wildman–Crippen LogP) is 2.66. The lowest BCUT2D eigenvalue weighted by molar-refractivity contribution is 0.0512. The van der Waals surface area contributed by atoms with Gasteiger partial charge in [0, 0.05) is 51.4 Å². The topological polar surface area (TPSA) is 75.2 Å². The SMILES string of the molecule is CCOC(=O)N1CCC(NC(=NC)NCC2(c3cccc(F)c3)CCOCC2)CC1. The van der Waals surface area contributed by atoms with Crippen molar-refractivity contribution in [1.29, 1.82) is 0 Å². The van der Waals surface area contributed by atoms with Gasteiger partial charge in [0.05, 0.1) is 6.61 Å². The maximum absolute atomic E-state index is 13.9. The first-order valence-corrected chi connectivity index (χ1v) is 10.8. The Kier molecular flexibility index (Phi) is 7.90. The fourth-order valence-electron chi connectivity index (χ4n) is 4.21. The van der Waals surface area contributed by atoms with Gasteiger partial charge in [-0.15, -0.1) is 0 Å². The number of likely N-dealkylation sites (tertiary alicyclic amines) is 1. The summed E-state index contributed by atoms with van der Waals surface area (Å²) in [5.41, 5.74) is 0.808. The average Bonchev–Trinajstić information content (AvgIpc) is 2.78. The summed E-state index contributed by atoms with van der Waals surface area (Å²) in [4.78, 5) is 18.0. The molecule has 2 aliphatic heterocycles. The molecule has 7 nitrogen and oxygen atoms in total. The molecule has 0 atom stereocenters. The van der Waals surface area contributed by atoms with Gasteiger partial charge in [-0.3, -0.25) is 4.99 Å². The third-order valence-corrected chi connectivity index (χ3v) is 6.07. The molecule has 3 rings (SSSR count). The van der Waals surface area contributed by atoms with Crippen molar-refractivity contribution in [2.45, 2.75) is 44.1 Å². The first-order valence-electron chi connectivity index (χ1n) is 10.8. The smallest absolute Gasteiger partial charge is 0.409 e. The Morgan fingerprint density at radius 3 is 2.70 bits per heavy atom. The second kappa shape index (κ2) is 10.6. The van der Waals surface area contributed by atoms with Crippen LogP contribution in [-0.2, 0) is 14.9 Å². The van der Waals surface area contributed by atoms with Gasteiger partial charge in [0.2, 0.25) is 0 Å². The number of amides is 1. The summed E-state index contributed by atoms with van der Waals surface area (Å²) >= 11 is 0.